The number of carbonyl (C=O) groups excluding carboxylic acids is 1. The largest absolute Gasteiger partial charge is 0.436 e. The minimum atomic E-state index is -0.451. The van der Waals surface area contributed by atoms with Crippen LogP contribution in [-0.4, -0.2) is 47.7 Å². The number of piperidine rings is 1. The van der Waals surface area contributed by atoms with Crippen molar-refractivity contribution in [3.05, 3.63) is 47.7 Å². The molecule has 0 aliphatic carbocycles. The van der Waals surface area contributed by atoms with E-state index in [2.05, 4.69) is 42.7 Å². The highest BCUT2D eigenvalue weighted by Crippen LogP contribution is 2.40. The summed E-state index contributed by atoms with van der Waals surface area (Å²) in [5.74, 6) is 0. The first kappa shape index (κ1) is 18.8. The molecule has 0 N–H and O–H groups in total. The van der Waals surface area contributed by atoms with Gasteiger partial charge in [0.1, 0.15) is 0 Å². The molecule has 2 fully saturated rings. The number of aryl methyl sites for hydroxylation is 1. The zero-order valence-corrected chi connectivity index (χ0v) is 15.4. The lowest BCUT2D eigenvalue weighted by atomic mass is 9.88. The van der Waals surface area contributed by atoms with E-state index >= 15 is 0 Å². The van der Waals surface area contributed by atoms with Crippen molar-refractivity contribution in [3.63, 3.8) is 0 Å². The van der Waals surface area contributed by atoms with Gasteiger partial charge < -0.3 is 9.64 Å². The average Bonchev–Trinajstić information content (AvgIpc) is 2.78. The Balaban J connectivity index is 0.00000208. The number of benzene rings is 1. The van der Waals surface area contributed by atoms with E-state index in [0.29, 0.717) is 6.54 Å². The standard InChI is InChI=1S/C19H26N2O2.ClH/c1-4-21-16(3)19(23-18(21)22)10-13-20(14-11-19)12-9-17-7-5-15(2)6-8-17;/h5-8H,3-4,9-14H2,1-2H3;1H. The molecule has 1 aromatic carbocycles. The fourth-order valence-electron chi connectivity index (χ4n) is 3.53. The molecule has 3 rings (SSSR count). The van der Waals surface area contributed by atoms with Crippen LogP contribution in [0.5, 0.6) is 0 Å². The summed E-state index contributed by atoms with van der Waals surface area (Å²) >= 11 is 0. The van der Waals surface area contributed by atoms with Gasteiger partial charge in [0.2, 0.25) is 0 Å². The summed E-state index contributed by atoms with van der Waals surface area (Å²) in [7, 11) is 0. The van der Waals surface area contributed by atoms with Gasteiger partial charge in [0.25, 0.3) is 0 Å². The summed E-state index contributed by atoms with van der Waals surface area (Å²) in [6.45, 7) is 11.8. The molecule has 5 heteroatoms. The van der Waals surface area contributed by atoms with Crippen LogP contribution in [-0.2, 0) is 11.2 Å². The summed E-state index contributed by atoms with van der Waals surface area (Å²) in [6, 6.07) is 8.75. The highest BCUT2D eigenvalue weighted by Gasteiger charge is 2.49. The van der Waals surface area contributed by atoms with Gasteiger partial charge >= 0.3 is 6.09 Å². The van der Waals surface area contributed by atoms with Crippen molar-refractivity contribution in [1.82, 2.24) is 9.80 Å². The van der Waals surface area contributed by atoms with Gasteiger partial charge in [-0.3, -0.25) is 4.90 Å². The van der Waals surface area contributed by atoms with Gasteiger partial charge in [-0.1, -0.05) is 36.4 Å². The SMILES string of the molecule is C=C1N(CC)C(=O)OC12CCN(CCc1ccc(C)cc1)CC2.Cl. The highest BCUT2D eigenvalue weighted by molar-refractivity contribution is 5.85. The second-order valence-corrected chi connectivity index (χ2v) is 6.63. The number of ether oxygens (including phenoxy) is 1. The molecule has 24 heavy (non-hydrogen) atoms. The van der Waals surface area contributed by atoms with E-state index in [1.165, 1.54) is 11.1 Å². The normalized spacial score (nSPS) is 20.2. The Morgan fingerprint density at radius 1 is 1.21 bits per heavy atom. The van der Waals surface area contributed by atoms with Crippen LogP contribution in [0.2, 0.25) is 0 Å². The summed E-state index contributed by atoms with van der Waals surface area (Å²) in [4.78, 5) is 16.1. The Hall–Kier alpha value is -1.52. The van der Waals surface area contributed by atoms with Gasteiger partial charge in [0.05, 0.1) is 5.70 Å². The summed E-state index contributed by atoms with van der Waals surface area (Å²) in [6.07, 6.45) is 2.53. The maximum absolute atomic E-state index is 11.9. The maximum atomic E-state index is 11.9. The molecule has 0 atom stereocenters. The maximum Gasteiger partial charge on any atom is 0.415 e. The second-order valence-electron chi connectivity index (χ2n) is 6.63. The molecular weight excluding hydrogens is 324 g/mol. The van der Waals surface area contributed by atoms with Gasteiger partial charge in [-0.25, -0.2) is 4.79 Å². The first-order valence-corrected chi connectivity index (χ1v) is 8.52. The molecule has 2 heterocycles. The summed E-state index contributed by atoms with van der Waals surface area (Å²) in [5, 5.41) is 0. The van der Waals surface area contributed by atoms with Crippen LogP contribution in [0.4, 0.5) is 4.79 Å². The Bertz CT molecular complexity index is 592. The third kappa shape index (κ3) is 3.60. The lowest BCUT2D eigenvalue weighted by Gasteiger charge is -2.38. The van der Waals surface area contributed by atoms with Crippen molar-refractivity contribution in [2.24, 2.45) is 0 Å². The Morgan fingerprint density at radius 3 is 2.38 bits per heavy atom. The van der Waals surface area contributed by atoms with E-state index in [4.69, 9.17) is 4.74 Å². The lowest BCUT2D eigenvalue weighted by molar-refractivity contribution is 0.0150. The molecule has 1 spiro atoms. The smallest absolute Gasteiger partial charge is 0.415 e. The number of nitrogens with zero attached hydrogens (tertiary/aromatic N) is 2. The highest BCUT2D eigenvalue weighted by atomic mass is 35.5. The zero-order valence-electron chi connectivity index (χ0n) is 14.6. The Kier molecular flexibility index (Phi) is 5.94. The number of hydrogen-bond donors (Lipinski definition) is 0. The monoisotopic (exact) mass is 350 g/mol. The lowest BCUT2D eigenvalue weighted by Crippen LogP contribution is -2.46. The molecule has 2 aliphatic heterocycles. The van der Waals surface area contributed by atoms with Crippen molar-refractivity contribution < 1.29 is 9.53 Å². The molecule has 0 bridgehead atoms. The molecule has 4 nitrogen and oxygen atoms in total. The number of halogens is 1. The number of amides is 1. The average molecular weight is 351 g/mol. The van der Waals surface area contributed by atoms with Gasteiger partial charge in [-0.15, -0.1) is 12.4 Å². The quantitative estimate of drug-likeness (QED) is 0.828. The van der Waals surface area contributed by atoms with Crippen LogP contribution in [0, 0.1) is 6.92 Å². The first-order chi connectivity index (χ1) is 11.0. The molecule has 1 amide bonds. The van der Waals surface area contributed by atoms with Crippen LogP contribution < -0.4 is 0 Å². The number of carbonyl (C=O) groups is 1. The summed E-state index contributed by atoms with van der Waals surface area (Å²) in [5.41, 5.74) is 3.08. The molecule has 2 saturated heterocycles. The van der Waals surface area contributed by atoms with E-state index in [-0.39, 0.29) is 18.5 Å². The van der Waals surface area contributed by atoms with Gasteiger partial charge in [0, 0.05) is 39.0 Å². The van der Waals surface area contributed by atoms with Crippen molar-refractivity contribution >= 4 is 18.5 Å². The molecule has 0 radical (unpaired) electrons. The molecule has 0 saturated carbocycles. The van der Waals surface area contributed by atoms with E-state index in [1.54, 1.807) is 4.90 Å². The van der Waals surface area contributed by atoms with Gasteiger partial charge in [-0.2, -0.15) is 0 Å². The molecule has 0 aromatic heterocycles. The van der Waals surface area contributed by atoms with Crippen LogP contribution in [0.25, 0.3) is 0 Å². The molecule has 0 unspecified atom stereocenters. The number of hydrogen-bond acceptors (Lipinski definition) is 3. The second kappa shape index (κ2) is 7.58. The third-order valence-electron chi connectivity index (χ3n) is 5.17. The molecule has 2 aliphatic rings. The first-order valence-electron chi connectivity index (χ1n) is 8.52. The third-order valence-corrected chi connectivity index (χ3v) is 5.17. The van der Waals surface area contributed by atoms with E-state index < -0.39 is 5.60 Å². The van der Waals surface area contributed by atoms with E-state index in [9.17, 15) is 4.79 Å². The Morgan fingerprint density at radius 2 is 1.83 bits per heavy atom. The van der Waals surface area contributed by atoms with Crippen LogP contribution in [0.3, 0.4) is 0 Å². The fraction of sp³-hybridized carbons (Fsp3) is 0.526. The van der Waals surface area contributed by atoms with E-state index in [1.807, 2.05) is 6.92 Å². The molecular formula is C19H27ClN2O2. The number of likely N-dealkylation sites (tertiary alicyclic amines) is 1. The molecule has 132 valence electrons. The molecule has 1 aromatic rings. The van der Waals surface area contributed by atoms with Crippen molar-refractivity contribution in [3.8, 4) is 0 Å². The minimum absolute atomic E-state index is 0. The van der Waals surface area contributed by atoms with E-state index in [0.717, 1.165) is 44.6 Å². The fourth-order valence-corrected chi connectivity index (χ4v) is 3.53. The Labute approximate surface area is 150 Å². The van der Waals surface area contributed by atoms with Gasteiger partial charge in [0.15, 0.2) is 5.60 Å². The van der Waals surface area contributed by atoms with Crippen LogP contribution in [0.15, 0.2) is 36.5 Å². The van der Waals surface area contributed by atoms with Crippen LogP contribution >= 0.6 is 12.4 Å². The predicted molar refractivity (Wildman–Crippen MR) is 98.5 cm³/mol. The number of rotatable bonds is 4. The minimum Gasteiger partial charge on any atom is -0.436 e. The van der Waals surface area contributed by atoms with Crippen molar-refractivity contribution in [2.45, 2.75) is 38.7 Å². The van der Waals surface area contributed by atoms with Gasteiger partial charge in [-0.05, 0) is 25.8 Å². The van der Waals surface area contributed by atoms with Crippen LogP contribution in [0.1, 0.15) is 30.9 Å². The predicted octanol–water partition coefficient (Wildman–Crippen LogP) is 3.78. The topological polar surface area (TPSA) is 32.8 Å². The number of likely N-dealkylation sites (N-methyl/N-ethyl adjacent to an activating group) is 1. The van der Waals surface area contributed by atoms with Crippen molar-refractivity contribution in [2.75, 3.05) is 26.2 Å². The van der Waals surface area contributed by atoms with Crippen molar-refractivity contribution in [1.29, 1.82) is 0 Å². The summed E-state index contributed by atoms with van der Waals surface area (Å²) < 4.78 is 5.69. The zero-order chi connectivity index (χ0) is 16.4.